The third-order valence-corrected chi connectivity index (χ3v) is 2.59. The molecule has 0 aliphatic carbocycles. The molecule has 1 aromatic carbocycles. The van der Waals surface area contributed by atoms with Crippen LogP contribution in [-0.2, 0) is 6.18 Å². The van der Waals surface area contributed by atoms with Crippen LogP contribution in [0, 0.1) is 11.6 Å². The molecule has 2 nitrogen and oxygen atoms in total. The third-order valence-electron chi connectivity index (χ3n) is 2.29. The highest BCUT2D eigenvalue weighted by atomic mass is 32.1. The summed E-state index contributed by atoms with van der Waals surface area (Å²) in [5.74, 6) is 0. The average Bonchev–Trinajstić information content (AvgIpc) is 2.60. The van der Waals surface area contributed by atoms with Gasteiger partial charge in [-0.25, -0.2) is 4.68 Å². The Morgan fingerprint density at radius 1 is 1.24 bits per heavy atom. The van der Waals surface area contributed by atoms with Crippen molar-refractivity contribution in [2.24, 2.45) is 0 Å². The summed E-state index contributed by atoms with van der Waals surface area (Å²) in [5.41, 5.74) is 0.696. The third kappa shape index (κ3) is 2.41. The molecule has 2 rings (SSSR count). The van der Waals surface area contributed by atoms with Gasteiger partial charge in [0.15, 0.2) is 0 Å². The largest absolute Gasteiger partial charge is 0.432 e. The molecule has 0 saturated carbocycles. The first-order valence-electron chi connectivity index (χ1n) is 4.84. The van der Waals surface area contributed by atoms with Crippen LogP contribution in [0.5, 0.6) is 0 Å². The SMILES string of the molecule is Cc1cccc(-n2[nH]c(C(F)(F)F)cc2=S)c1. The summed E-state index contributed by atoms with van der Waals surface area (Å²) in [4.78, 5) is 0. The van der Waals surface area contributed by atoms with Gasteiger partial charge in [-0.15, -0.1) is 0 Å². The number of aryl methyl sites for hydroxylation is 1. The zero-order valence-corrected chi connectivity index (χ0v) is 9.69. The number of rotatable bonds is 1. The van der Waals surface area contributed by atoms with Gasteiger partial charge >= 0.3 is 6.18 Å². The zero-order chi connectivity index (χ0) is 12.6. The molecule has 2 aromatic rings. The summed E-state index contributed by atoms with van der Waals surface area (Å²) in [5, 5.41) is 2.25. The second-order valence-corrected chi connectivity index (χ2v) is 4.10. The maximum atomic E-state index is 12.5. The molecule has 0 bridgehead atoms. The first kappa shape index (κ1) is 11.9. The van der Waals surface area contributed by atoms with E-state index in [-0.39, 0.29) is 4.64 Å². The second kappa shape index (κ2) is 4.03. The number of hydrogen-bond donors (Lipinski definition) is 1. The van der Waals surface area contributed by atoms with E-state index in [4.69, 9.17) is 12.2 Å². The summed E-state index contributed by atoms with van der Waals surface area (Å²) < 4.78 is 38.8. The highest BCUT2D eigenvalue weighted by molar-refractivity contribution is 7.71. The number of halogens is 3. The number of alkyl halides is 3. The number of hydrogen-bond acceptors (Lipinski definition) is 1. The molecule has 90 valence electrons. The van der Waals surface area contributed by atoms with Crippen LogP contribution < -0.4 is 0 Å². The van der Waals surface area contributed by atoms with Crippen molar-refractivity contribution in [1.29, 1.82) is 0 Å². The fourth-order valence-electron chi connectivity index (χ4n) is 1.50. The lowest BCUT2D eigenvalue weighted by Crippen LogP contribution is -2.07. The van der Waals surface area contributed by atoms with E-state index in [0.717, 1.165) is 11.6 Å². The summed E-state index contributed by atoms with van der Waals surface area (Å²) in [7, 11) is 0. The molecule has 0 aliphatic rings. The first-order valence-corrected chi connectivity index (χ1v) is 5.25. The van der Waals surface area contributed by atoms with Gasteiger partial charge in [0, 0.05) is 6.07 Å². The lowest BCUT2D eigenvalue weighted by molar-refractivity contribution is -0.141. The average molecular weight is 258 g/mol. The van der Waals surface area contributed by atoms with Crippen LogP contribution in [0.2, 0.25) is 0 Å². The van der Waals surface area contributed by atoms with Gasteiger partial charge in [-0.05, 0) is 24.6 Å². The lowest BCUT2D eigenvalue weighted by Gasteiger charge is -2.05. The number of aromatic amines is 1. The molecule has 0 atom stereocenters. The minimum absolute atomic E-state index is 0.0999. The van der Waals surface area contributed by atoms with E-state index in [2.05, 4.69) is 5.10 Å². The molecule has 1 aromatic heterocycles. The highest BCUT2D eigenvalue weighted by Gasteiger charge is 2.33. The molecule has 1 N–H and O–H groups in total. The molecule has 0 fully saturated rings. The van der Waals surface area contributed by atoms with Crippen LogP contribution in [0.15, 0.2) is 30.3 Å². The number of benzene rings is 1. The molecule has 0 radical (unpaired) electrons. The van der Waals surface area contributed by atoms with Gasteiger partial charge < -0.3 is 0 Å². The van der Waals surface area contributed by atoms with Crippen molar-refractivity contribution >= 4 is 12.2 Å². The normalized spacial score (nSPS) is 11.8. The monoisotopic (exact) mass is 258 g/mol. The predicted molar refractivity (Wildman–Crippen MR) is 60.7 cm³/mol. The van der Waals surface area contributed by atoms with Gasteiger partial charge in [0.25, 0.3) is 0 Å². The number of nitrogens with zero attached hydrogens (tertiary/aromatic N) is 1. The molecular weight excluding hydrogens is 249 g/mol. The summed E-state index contributed by atoms with van der Waals surface area (Å²) in [6, 6.07) is 7.99. The van der Waals surface area contributed by atoms with E-state index in [1.807, 2.05) is 13.0 Å². The van der Waals surface area contributed by atoms with Crippen LogP contribution in [0.25, 0.3) is 5.69 Å². The molecule has 0 amide bonds. The Kier molecular flexibility index (Phi) is 2.82. The molecule has 1 heterocycles. The minimum atomic E-state index is -4.41. The van der Waals surface area contributed by atoms with Crippen LogP contribution >= 0.6 is 12.2 Å². The van der Waals surface area contributed by atoms with E-state index in [1.165, 1.54) is 4.68 Å². The maximum absolute atomic E-state index is 12.5. The maximum Gasteiger partial charge on any atom is 0.432 e. The topological polar surface area (TPSA) is 20.7 Å². The Bertz CT molecular complexity index is 595. The smallest absolute Gasteiger partial charge is 0.288 e. The van der Waals surface area contributed by atoms with Crippen molar-refractivity contribution in [1.82, 2.24) is 9.78 Å². The van der Waals surface area contributed by atoms with E-state index in [0.29, 0.717) is 5.69 Å². The van der Waals surface area contributed by atoms with Gasteiger partial charge in [0.1, 0.15) is 10.3 Å². The number of nitrogens with one attached hydrogen (secondary N) is 1. The molecule has 0 saturated heterocycles. The molecule has 0 unspecified atom stereocenters. The lowest BCUT2D eigenvalue weighted by atomic mass is 10.2. The first-order chi connectivity index (χ1) is 7.88. The standard InChI is InChI=1S/C11H9F3N2S/c1-7-3-2-4-8(5-7)16-10(17)6-9(15-16)11(12,13)14/h2-6,15H,1H3. The summed E-state index contributed by atoms with van der Waals surface area (Å²) >= 11 is 4.90. The molecular formula is C11H9F3N2S. The Balaban J connectivity index is 2.54. The summed E-state index contributed by atoms with van der Waals surface area (Å²) in [6.07, 6.45) is -4.41. The van der Waals surface area contributed by atoms with Crippen molar-refractivity contribution in [3.05, 3.63) is 46.2 Å². The molecule has 17 heavy (non-hydrogen) atoms. The fourth-order valence-corrected chi connectivity index (χ4v) is 1.77. The van der Waals surface area contributed by atoms with Gasteiger partial charge in [-0.3, -0.25) is 5.10 Å². The van der Waals surface area contributed by atoms with Crippen LogP contribution in [-0.4, -0.2) is 9.78 Å². The number of aromatic nitrogens is 2. The predicted octanol–water partition coefficient (Wildman–Crippen LogP) is 3.86. The quantitative estimate of drug-likeness (QED) is 0.770. The van der Waals surface area contributed by atoms with Gasteiger partial charge in [0.2, 0.25) is 0 Å². The van der Waals surface area contributed by atoms with Crippen molar-refractivity contribution < 1.29 is 13.2 Å². The van der Waals surface area contributed by atoms with Gasteiger partial charge in [0.05, 0.1) is 5.69 Å². The van der Waals surface area contributed by atoms with Crippen molar-refractivity contribution in [3.63, 3.8) is 0 Å². The van der Waals surface area contributed by atoms with Crippen LogP contribution in [0.1, 0.15) is 11.3 Å². The van der Waals surface area contributed by atoms with Gasteiger partial charge in [-0.2, -0.15) is 13.2 Å². The van der Waals surface area contributed by atoms with Crippen LogP contribution in [0.3, 0.4) is 0 Å². The minimum Gasteiger partial charge on any atom is -0.288 e. The van der Waals surface area contributed by atoms with Crippen LogP contribution in [0.4, 0.5) is 13.2 Å². The Morgan fingerprint density at radius 2 is 1.94 bits per heavy atom. The molecule has 6 heteroatoms. The van der Waals surface area contributed by atoms with E-state index < -0.39 is 11.9 Å². The van der Waals surface area contributed by atoms with Crippen molar-refractivity contribution in [2.45, 2.75) is 13.1 Å². The van der Waals surface area contributed by atoms with Crippen molar-refractivity contribution in [2.75, 3.05) is 0 Å². The molecule has 0 spiro atoms. The van der Waals surface area contributed by atoms with E-state index in [9.17, 15) is 13.2 Å². The zero-order valence-electron chi connectivity index (χ0n) is 8.88. The molecule has 0 aliphatic heterocycles. The Hall–Kier alpha value is -1.56. The van der Waals surface area contributed by atoms with E-state index >= 15 is 0 Å². The number of H-pyrrole nitrogens is 1. The fraction of sp³-hybridized carbons (Fsp3) is 0.182. The highest BCUT2D eigenvalue weighted by Crippen LogP contribution is 2.28. The Labute approximate surface area is 101 Å². The summed E-state index contributed by atoms with van der Waals surface area (Å²) in [6.45, 7) is 1.86. The van der Waals surface area contributed by atoms with Gasteiger partial charge in [-0.1, -0.05) is 24.4 Å². The van der Waals surface area contributed by atoms with Crippen molar-refractivity contribution in [3.8, 4) is 5.69 Å². The van der Waals surface area contributed by atoms with E-state index in [1.54, 1.807) is 18.2 Å². The second-order valence-electron chi connectivity index (χ2n) is 3.68. The Morgan fingerprint density at radius 3 is 2.47 bits per heavy atom.